The minimum absolute atomic E-state index is 0.0591. The molecule has 4 heteroatoms. The van der Waals surface area contributed by atoms with E-state index in [2.05, 4.69) is 5.32 Å². The van der Waals surface area contributed by atoms with Crippen molar-refractivity contribution in [3.05, 3.63) is 24.2 Å². The molecule has 0 spiro atoms. The van der Waals surface area contributed by atoms with Crippen molar-refractivity contribution in [1.82, 2.24) is 5.32 Å². The zero-order valence-corrected chi connectivity index (χ0v) is 8.48. The first-order valence-corrected chi connectivity index (χ1v) is 5.25. The summed E-state index contributed by atoms with van der Waals surface area (Å²) in [4.78, 5) is 11.5. The third-order valence-electron chi connectivity index (χ3n) is 2.87. The van der Waals surface area contributed by atoms with Crippen LogP contribution in [0.4, 0.5) is 0 Å². The lowest BCUT2D eigenvalue weighted by atomic mass is 9.85. The summed E-state index contributed by atoms with van der Waals surface area (Å²) in [6, 6.07) is 1.69. The highest BCUT2D eigenvalue weighted by molar-refractivity contribution is 5.79. The number of rotatable bonds is 4. The number of hydrogen-bond donors (Lipinski definition) is 2. The molecule has 2 rings (SSSR count). The minimum atomic E-state index is -0.673. The Hall–Kier alpha value is -1.29. The fourth-order valence-electron chi connectivity index (χ4n) is 1.59. The molecule has 1 heterocycles. The number of furan rings is 1. The molecule has 1 amide bonds. The highest BCUT2D eigenvalue weighted by Gasteiger charge is 2.25. The second-order valence-electron chi connectivity index (χ2n) is 3.95. The van der Waals surface area contributed by atoms with Crippen molar-refractivity contribution in [3.8, 4) is 0 Å². The molecule has 1 aromatic heterocycles. The number of amides is 1. The Balaban J connectivity index is 1.75. The Morgan fingerprint density at radius 1 is 1.67 bits per heavy atom. The van der Waals surface area contributed by atoms with E-state index in [-0.39, 0.29) is 18.4 Å². The average molecular weight is 209 g/mol. The number of aliphatic hydroxyl groups is 1. The molecule has 2 N–H and O–H groups in total. The van der Waals surface area contributed by atoms with Gasteiger partial charge >= 0.3 is 0 Å². The van der Waals surface area contributed by atoms with Gasteiger partial charge in [0.2, 0.25) is 5.91 Å². The molecule has 1 aliphatic carbocycles. The van der Waals surface area contributed by atoms with Crippen LogP contribution >= 0.6 is 0 Å². The van der Waals surface area contributed by atoms with Crippen LogP contribution in [0, 0.1) is 5.92 Å². The van der Waals surface area contributed by atoms with Crippen LogP contribution in [0.2, 0.25) is 0 Å². The fraction of sp³-hybridized carbons (Fsp3) is 0.545. The number of hydrogen-bond acceptors (Lipinski definition) is 3. The predicted molar refractivity (Wildman–Crippen MR) is 54.0 cm³/mol. The second-order valence-corrected chi connectivity index (χ2v) is 3.95. The average Bonchev–Trinajstić information content (AvgIpc) is 2.63. The van der Waals surface area contributed by atoms with Gasteiger partial charge in [-0.15, -0.1) is 0 Å². The molecular weight excluding hydrogens is 194 g/mol. The Bertz CT molecular complexity index is 317. The lowest BCUT2D eigenvalue weighted by Crippen LogP contribution is -2.36. The van der Waals surface area contributed by atoms with Crippen molar-refractivity contribution in [3.63, 3.8) is 0 Å². The molecule has 1 aromatic rings. The smallest absolute Gasteiger partial charge is 0.223 e. The molecule has 1 saturated carbocycles. The Morgan fingerprint density at radius 3 is 3.00 bits per heavy atom. The molecule has 15 heavy (non-hydrogen) atoms. The number of aliphatic hydroxyl groups excluding tert-OH is 1. The topological polar surface area (TPSA) is 62.5 Å². The summed E-state index contributed by atoms with van der Waals surface area (Å²) >= 11 is 0. The highest BCUT2D eigenvalue weighted by Crippen LogP contribution is 2.26. The van der Waals surface area contributed by atoms with Crippen LogP contribution < -0.4 is 5.32 Å². The van der Waals surface area contributed by atoms with Gasteiger partial charge in [-0.05, 0) is 18.9 Å². The summed E-state index contributed by atoms with van der Waals surface area (Å²) in [5.41, 5.74) is 0.698. The van der Waals surface area contributed by atoms with Gasteiger partial charge in [0.25, 0.3) is 0 Å². The summed E-state index contributed by atoms with van der Waals surface area (Å²) in [5, 5.41) is 12.4. The SMILES string of the molecule is O=C(NC[C@H](O)c1ccoc1)C1CCC1. The Labute approximate surface area is 88.3 Å². The van der Waals surface area contributed by atoms with Gasteiger partial charge in [0.05, 0.1) is 18.6 Å². The zero-order valence-electron chi connectivity index (χ0n) is 8.48. The van der Waals surface area contributed by atoms with E-state index >= 15 is 0 Å². The largest absolute Gasteiger partial charge is 0.472 e. The van der Waals surface area contributed by atoms with Gasteiger partial charge in [-0.25, -0.2) is 0 Å². The number of nitrogens with one attached hydrogen (secondary N) is 1. The Morgan fingerprint density at radius 2 is 2.47 bits per heavy atom. The zero-order chi connectivity index (χ0) is 10.7. The van der Waals surface area contributed by atoms with Gasteiger partial charge in [0.1, 0.15) is 0 Å². The normalized spacial score (nSPS) is 18.2. The van der Waals surface area contributed by atoms with Crippen molar-refractivity contribution in [2.45, 2.75) is 25.4 Å². The maximum absolute atomic E-state index is 11.5. The molecule has 0 unspecified atom stereocenters. The van der Waals surface area contributed by atoms with Crippen molar-refractivity contribution in [2.75, 3.05) is 6.54 Å². The molecule has 0 aliphatic heterocycles. The summed E-state index contributed by atoms with van der Waals surface area (Å²) in [6.07, 6.45) is 5.42. The summed E-state index contributed by atoms with van der Waals surface area (Å²) in [6.45, 7) is 0.259. The van der Waals surface area contributed by atoms with E-state index in [9.17, 15) is 9.90 Å². The maximum atomic E-state index is 11.5. The lowest BCUT2D eigenvalue weighted by Gasteiger charge is -2.24. The number of carbonyl (C=O) groups excluding carboxylic acids is 1. The van der Waals surface area contributed by atoms with Crippen molar-refractivity contribution < 1.29 is 14.3 Å². The standard InChI is InChI=1S/C11H15NO3/c13-10(9-4-5-15-7-9)6-12-11(14)8-2-1-3-8/h4-5,7-8,10,13H,1-3,6H2,(H,12,14)/t10-/m0/s1. The van der Waals surface area contributed by atoms with Crippen molar-refractivity contribution >= 4 is 5.91 Å². The summed E-state index contributed by atoms with van der Waals surface area (Å²) < 4.78 is 4.85. The molecule has 0 saturated heterocycles. The molecular formula is C11H15NO3. The van der Waals surface area contributed by atoms with Crippen LogP contribution in [0.15, 0.2) is 23.0 Å². The first-order valence-electron chi connectivity index (χ1n) is 5.25. The highest BCUT2D eigenvalue weighted by atomic mass is 16.3. The van der Waals surface area contributed by atoms with Crippen LogP contribution in [-0.4, -0.2) is 17.6 Å². The monoisotopic (exact) mass is 209 g/mol. The number of carbonyl (C=O) groups is 1. The van der Waals surface area contributed by atoms with Crippen molar-refractivity contribution in [2.24, 2.45) is 5.92 Å². The summed E-state index contributed by atoms with van der Waals surface area (Å²) in [7, 11) is 0. The van der Waals surface area contributed by atoms with Gasteiger partial charge in [-0.1, -0.05) is 6.42 Å². The first-order chi connectivity index (χ1) is 7.27. The Kier molecular flexibility index (Phi) is 3.06. The van der Waals surface area contributed by atoms with Gasteiger partial charge < -0.3 is 14.8 Å². The first kappa shape index (κ1) is 10.2. The van der Waals surface area contributed by atoms with Gasteiger partial charge in [0.15, 0.2) is 0 Å². The van der Waals surface area contributed by atoms with Gasteiger partial charge in [-0.2, -0.15) is 0 Å². The van der Waals surface area contributed by atoms with Crippen LogP contribution in [0.3, 0.4) is 0 Å². The van der Waals surface area contributed by atoms with E-state index in [1.807, 2.05) is 0 Å². The van der Waals surface area contributed by atoms with E-state index in [0.29, 0.717) is 5.56 Å². The molecule has 0 radical (unpaired) electrons. The summed E-state index contributed by atoms with van der Waals surface area (Å²) in [5.74, 6) is 0.227. The lowest BCUT2D eigenvalue weighted by molar-refractivity contribution is -0.127. The molecule has 0 aromatic carbocycles. The van der Waals surface area contributed by atoms with Crippen LogP contribution in [-0.2, 0) is 4.79 Å². The molecule has 4 nitrogen and oxygen atoms in total. The third kappa shape index (κ3) is 2.39. The molecule has 0 bridgehead atoms. The van der Waals surface area contributed by atoms with E-state index in [4.69, 9.17) is 4.42 Å². The molecule has 82 valence electrons. The van der Waals surface area contributed by atoms with E-state index in [1.54, 1.807) is 6.07 Å². The van der Waals surface area contributed by atoms with Crippen LogP contribution in [0.5, 0.6) is 0 Å². The molecule has 1 aliphatic rings. The second kappa shape index (κ2) is 4.49. The van der Waals surface area contributed by atoms with Gasteiger partial charge in [0, 0.05) is 18.0 Å². The fourth-order valence-corrected chi connectivity index (χ4v) is 1.59. The predicted octanol–water partition coefficient (Wildman–Crippen LogP) is 1.23. The van der Waals surface area contributed by atoms with Crippen LogP contribution in [0.25, 0.3) is 0 Å². The quantitative estimate of drug-likeness (QED) is 0.784. The van der Waals surface area contributed by atoms with Gasteiger partial charge in [-0.3, -0.25) is 4.79 Å². The van der Waals surface area contributed by atoms with Crippen molar-refractivity contribution in [1.29, 1.82) is 0 Å². The maximum Gasteiger partial charge on any atom is 0.223 e. The van der Waals surface area contributed by atoms with E-state index in [0.717, 1.165) is 19.3 Å². The third-order valence-corrected chi connectivity index (χ3v) is 2.87. The van der Waals surface area contributed by atoms with E-state index in [1.165, 1.54) is 12.5 Å². The molecule has 1 atom stereocenters. The molecule has 1 fully saturated rings. The van der Waals surface area contributed by atoms with E-state index < -0.39 is 6.10 Å². The van der Waals surface area contributed by atoms with Crippen LogP contribution in [0.1, 0.15) is 30.9 Å². The minimum Gasteiger partial charge on any atom is -0.472 e.